The SMILES string of the molecule is CCOC(=O)CS(=O)(=O)Cc1ccc(CN2NC(=O)C(Cc3ccc(OC)cc3OC)S2(=O)=O)cc1. The highest BCUT2D eigenvalue weighted by Gasteiger charge is 2.45. The molecule has 2 aromatic rings. The Bertz CT molecular complexity index is 1320. The summed E-state index contributed by atoms with van der Waals surface area (Å²) >= 11 is 0. The van der Waals surface area contributed by atoms with Gasteiger partial charge in [-0.25, -0.2) is 16.8 Å². The van der Waals surface area contributed by atoms with Crippen LogP contribution in [0.5, 0.6) is 11.5 Å². The van der Waals surface area contributed by atoms with Crippen molar-refractivity contribution >= 4 is 31.7 Å². The molecule has 3 rings (SSSR count). The van der Waals surface area contributed by atoms with E-state index in [2.05, 4.69) is 10.2 Å². The van der Waals surface area contributed by atoms with Gasteiger partial charge in [0.25, 0.3) is 5.91 Å². The zero-order chi connectivity index (χ0) is 26.5. The predicted molar refractivity (Wildman–Crippen MR) is 130 cm³/mol. The lowest BCUT2D eigenvalue weighted by Crippen LogP contribution is -2.35. The van der Waals surface area contributed by atoms with Crippen molar-refractivity contribution in [2.24, 2.45) is 0 Å². The lowest BCUT2D eigenvalue weighted by Gasteiger charge is -2.16. The summed E-state index contributed by atoms with van der Waals surface area (Å²) in [7, 11) is -4.81. The van der Waals surface area contributed by atoms with E-state index in [4.69, 9.17) is 9.47 Å². The Labute approximate surface area is 210 Å². The van der Waals surface area contributed by atoms with Gasteiger partial charge in [0.05, 0.1) is 33.1 Å². The summed E-state index contributed by atoms with van der Waals surface area (Å²) in [5.41, 5.74) is 3.91. The third-order valence-corrected chi connectivity index (χ3v) is 8.86. The number of carbonyl (C=O) groups excluding carboxylic acids is 2. The molecule has 0 saturated carbocycles. The smallest absolute Gasteiger partial charge is 0.321 e. The number of hydrogen-bond donors (Lipinski definition) is 1. The van der Waals surface area contributed by atoms with E-state index in [9.17, 15) is 26.4 Å². The van der Waals surface area contributed by atoms with Crippen LogP contribution < -0.4 is 14.9 Å². The Kier molecular flexibility index (Phi) is 8.59. The van der Waals surface area contributed by atoms with Gasteiger partial charge in [0, 0.05) is 12.5 Å². The van der Waals surface area contributed by atoms with Gasteiger partial charge >= 0.3 is 5.97 Å². The van der Waals surface area contributed by atoms with Crippen LogP contribution in [0.3, 0.4) is 0 Å². The predicted octanol–water partition coefficient (Wildman–Crippen LogP) is 0.970. The lowest BCUT2D eigenvalue weighted by atomic mass is 10.1. The molecule has 1 atom stereocenters. The molecule has 0 aliphatic carbocycles. The minimum atomic E-state index is -4.03. The highest BCUT2D eigenvalue weighted by molar-refractivity contribution is 7.91. The second-order valence-electron chi connectivity index (χ2n) is 8.05. The monoisotopic (exact) mass is 540 g/mol. The molecule has 1 saturated heterocycles. The summed E-state index contributed by atoms with van der Waals surface area (Å²) in [6, 6.07) is 11.1. The van der Waals surface area contributed by atoms with E-state index in [-0.39, 0.29) is 25.3 Å². The van der Waals surface area contributed by atoms with Crippen LogP contribution in [-0.4, -0.2) is 65.0 Å². The van der Waals surface area contributed by atoms with E-state index in [0.717, 1.165) is 4.41 Å². The first-order valence-corrected chi connectivity index (χ1v) is 14.3. The van der Waals surface area contributed by atoms with E-state index in [1.165, 1.54) is 26.4 Å². The molecule has 1 amide bonds. The van der Waals surface area contributed by atoms with Gasteiger partial charge in [-0.2, -0.15) is 0 Å². The Morgan fingerprint density at radius 3 is 2.33 bits per heavy atom. The number of amides is 1. The molecule has 13 heteroatoms. The van der Waals surface area contributed by atoms with Crippen molar-refractivity contribution in [3.63, 3.8) is 0 Å². The molecule has 0 bridgehead atoms. The van der Waals surface area contributed by atoms with Gasteiger partial charge in [0.15, 0.2) is 15.1 Å². The van der Waals surface area contributed by atoms with Gasteiger partial charge in [0.1, 0.15) is 17.3 Å². The van der Waals surface area contributed by atoms with Gasteiger partial charge in [-0.15, -0.1) is 4.41 Å². The molecular weight excluding hydrogens is 512 g/mol. The summed E-state index contributed by atoms with van der Waals surface area (Å²) in [4.78, 5) is 24.0. The fraction of sp³-hybridized carbons (Fsp3) is 0.391. The van der Waals surface area contributed by atoms with Crippen LogP contribution in [0.15, 0.2) is 42.5 Å². The normalized spacial score (nSPS) is 17.4. The molecule has 1 fully saturated rings. The number of ether oxygens (including phenoxy) is 3. The van der Waals surface area contributed by atoms with Gasteiger partial charge in [0.2, 0.25) is 10.0 Å². The fourth-order valence-electron chi connectivity index (χ4n) is 3.69. The minimum absolute atomic E-state index is 0.0882. The second kappa shape index (κ2) is 11.3. The zero-order valence-corrected chi connectivity index (χ0v) is 21.7. The number of nitrogens with one attached hydrogen (secondary N) is 1. The molecule has 2 aromatic carbocycles. The molecule has 196 valence electrons. The Morgan fingerprint density at radius 1 is 1.06 bits per heavy atom. The van der Waals surface area contributed by atoms with Crippen LogP contribution >= 0.6 is 0 Å². The number of hydrogen-bond acceptors (Lipinski definition) is 9. The number of rotatable bonds is 11. The summed E-state index contributed by atoms with van der Waals surface area (Å²) in [6.07, 6.45) is -0.0882. The van der Waals surface area contributed by atoms with Gasteiger partial charge < -0.3 is 14.2 Å². The van der Waals surface area contributed by atoms with Crippen LogP contribution in [0.2, 0.25) is 0 Å². The maximum Gasteiger partial charge on any atom is 0.321 e. The number of nitrogens with zero attached hydrogens (tertiary/aromatic N) is 1. The number of sulfonamides is 1. The van der Waals surface area contributed by atoms with E-state index < -0.39 is 42.7 Å². The number of carbonyl (C=O) groups is 2. The standard InChI is InChI=1S/C23H28N2O9S2/c1-4-34-22(26)15-35(28,29)14-17-7-5-16(6-8-17)13-25-24-23(27)21(36(25,30)31)11-18-9-10-19(32-2)12-20(18)33-3/h5-10,12,21H,4,11,13-15H2,1-3H3,(H,24,27). The quantitative estimate of drug-likeness (QED) is 0.412. The van der Waals surface area contributed by atoms with E-state index >= 15 is 0 Å². The molecule has 36 heavy (non-hydrogen) atoms. The van der Waals surface area contributed by atoms with Crippen molar-refractivity contribution < 1.29 is 40.6 Å². The number of methoxy groups -OCH3 is 2. The van der Waals surface area contributed by atoms with Crippen molar-refractivity contribution in [1.82, 2.24) is 9.84 Å². The van der Waals surface area contributed by atoms with E-state index in [0.29, 0.717) is 28.2 Å². The summed E-state index contributed by atoms with van der Waals surface area (Å²) in [5.74, 6) is -1.62. The minimum Gasteiger partial charge on any atom is -0.497 e. The molecule has 0 radical (unpaired) electrons. The zero-order valence-electron chi connectivity index (χ0n) is 20.1. The molecule has 0 aromatic heterocycles. The molecule has 1 heterocycles. The van der Waals surface area contributed by atoms with Crippen LogP contribution in [0.25, 0.3) is 0 Å². The third kappa shape index (κ3) is 6.53. The average molecular weight is 541 g/mol. The first-order valence-electron chi connectivity index (χ1n) is 11.0. The van der Waals surface area contributed by atoms with Crippen LogP contribution in [0.4, 0.5) is 0 Å². The molecule has 1 N–H and O–H groups in total. The number of esters is 1. The maximum atomic E-state index is 13.1. The largest absolute Gasteiger partial charge is 0.497 e. The summed E-state index contributed by atoms with van der Waals surface area (Å²) < 4.78 is 66.6. The molecule has 1 unspecified atom stereocenters. The topological polar surface area (TPSA) is 145 Å². The summed E-state index contributed by atoms with van der Waals surface area (Å²) in [6.45, 7) is 1.54. The van der Waals surface area contributed by atoms with Crippen LogP contribution in [-0.2, 0) is 52.9 Å². The van der Waals surface area contributed by atoms with Crippen molar-refractivity contribution in [2.45, 2.75) is 30.9 Å². The van der Waals surface area contributed by atoms with Gasteiger partial charge in [-0.1, -0.05) is 30.3 Å². The van der Waals surface area contributed by atoms with Crippen LogP contribution in [0, 0.1) is 0 Å². The first-order chi connectivity index (χ1) is 17.0. The summed E-state index contributed by atoms with van der Waals surface area (Å²) in [5, 5.41) is -1.34. The Balaban J connectivity index is 1.69. The number of benzene rings is 2. The maximum absolute atomic E-state index is 13.1. The van der Waals surface area contributed by atoms with Crippen LogP contribution in [0.1, 0.15) is 23.6 Å². The molecule has 0 spiro atoms. The average Bonchev–Trinajstić information content (AvgIpc) is 3.02. The first kappa shape index (κ1) is 27.4. The second-order valence-corrected chi connectivity index (χ2v) is 12.2. The molecular formula is C23H28N2O9S2. The van der Waals surface area contributed by atoms with Gasteiger partial charge in [-0.3, -0.25) is 15.0 Å². The number of sulfone groups is 1. The van der Waals surface area contributed by atoms with Gasteiger partial charge in [-0.05, 0) is 29.7 Å². The molecule has 1 aliphatic rings. The van der Waals surface area contributed by atoms with Crippen molar-refractivity contribution in [3.05, 3.63) is 59.2 Å². The molecule has 11 nitrogen and oxygen atoms in total. The third-order valence-electron chi connectivity index (χ3n) is 5.47. The van der Waals surface area contributed by atoms with E-state index in [1.807, 2.05) is 0 Å². The highest BCUT2D eigenvalue weighted by Crippen LogP contribution is 2.29. The Morgan fingerprint density at radius 2 is 1.72 bits per heavy atom. The number of hydrazine groups is 1. The molecule has 1 aliphatic heterocycles. The van der Waals surface area contributed by atoms with Crippen molar-refractivity contribution in [3.8, 4) is 11.5 Å². The van der Waals surface area contributed by atoms with Crippen molar-refractivity contribution in [1.29, 1.82) is 0 Å². The Hall–Kier alpha value is -3.16. The van der Waals surface area contributed by atoms with E-state index in [1.54, 1.807) is 37.3 Å². The fourth-order valence-corrected chi connectivity index (χ4v) is 6.50. The highest BCUT2D eigenvalue weighted by atomic mass is 32.2. The lowest BCUT2D eigenvalue weighted by molar-refractivity contribution is -0.140. The van der Waals surface area contributed by atoms with Crippen molar-refractivity contribution in [2.75, 3.05) is 26.6 Å².